The molecule has 0 spiro atoms. The van der Waals surface area contributed by atoms with Crippen LogP contribution >= 0.6 is 0 Å². The molecule has 0 saturated heterocycles. The van der Waals surface area contributed by atoms with Crippen LogP contribution in [0.1, 0.15) is 51.4 Å². The number of nitrogens with one attached hydrogen (secondary N) is 1. The molecule has 0 aliphatic carbocycles. The molecule has 0 bridgehead atoms. The van der Waals surface area contributed by atoms with E-state index in [0.29, 0.717) is 6.41 Å². The van der Waals surface area contributed by atoms with Crippen LogP contribution in [0.25, 0.3) is 0 Å². The molecule has 1 amide bonds. The van der Waals surface area contributed by atoms with Gasteiger partial charge in [0.25, 0.3) is 0 Å². The largest absolute Gasteiger partial charge is 0.354 e. The number of hydrogen-bond donors (Lipinski definition) is 1. The van der Waals surface area contributed by atoms with Crippen molar-refractivity contribution in [3.8, 4) is 0 Å². The fraction of sp³-hybridized carbons (Fsp3) is 0.727. The molecule has 0 saturated carbocycles. The third-order valence-corrected chi connectivity index (χ3v) is 2.03. The van der Waals surface area contributed by atoms with E-state index in [1.165, 1.54) is 38.5 Å². The molecule has 0 aliphatic rings. The van der Waals surface area contributed by atoms with Crippen LogP contribution in [0.2, 0.25) is 0 Å². The monoisotopic (exact) mass is 183 g/mol. The van der Waals surface area contributed by atoms with E-state index in [2.05, 4.69) is 12.2 Å². The van der Waals surface area contributed by atoms with Crippen LogP contribution in [-0.4, -0.2) is 6.41 Å². The summed E-state index contributed by atoms with van der Waals surface area (Å²) in [5.41, 5.74) is 0. The summed E-state index contributed by atoms with van der Waals surface area (Å²) in [7, 11) is 0. The molecule has 2 heteroatoms. The zero-order valence-electron chi connectivity index (χ0n) is 8.43. The molecule has 0 aromatic carbocycles. The molecule has 0 heterocycles. The first-order valence-electron chi connectivity index (χ1n) is 5.22. The minimum Gasteiger partial charge on any atom is -0.354 e. The van der Waals surface area contributed by atoms with Gasteiger partial charge in [0.15, 0.2) is 0 Å². The quantitative estimate of drug-likeness (QED) is 0.409. The van der Waals surface area contributed by atoms with Gasteiger partial charge in [0.05, 0.1) is 0 Å². The lowest BCUT2D eigenvalue weighted by Gasteiger charge is -2.00. The number of unbranched alkanes of at least 4 members (excludes halogenated alkanes) is 7. The number of rotatable bonds is 10. The number of amides is 1. The lowest BCUT2D eigenvalue weighted by atomic mass is 10.1. The van der Waals surface area contributed by atoms with Crippen molar-refractivity contribution in [2.75, 3.05) is 0 Å². The zero-order valence-corrected chi connectivity index (χ0v) is 8.43. The first kappa shape index (κ1) is 12.5. The SMILES string of the molecule is [CH2]CCCCCCCC[CH]NC=O. The smallest absolute Gasteiger partial charge is 0.207 e. The van der Waals surface area contributed by atoms with Crippen LogP contribution in [0.4, 0.5) is 0 Å². The number of hydrogen-bond acceptors (Lipinski definition) is 1. The second-order valence-corrected chi connectivity index (χ2v) is 3.25. The van der Waals surface area contributed by atoms with Gasteiger partial charge in [-0.3, -0.25) is 4.79 Å². The molecular weight excluding hydrogens is 162 g/mol. The summed E-state index contributed by atoms with van der Waals surface area (Å²) in [4.78, 5) is 9.86. The first-order chi connectivity index (χ1) is 6.41. The van der Waals surface area contributed by atoms with Gasteiger partial charge in [0, 0.05) is 6.54 Å². The van der Waals surface area contributed by atoms with Gasteiger partial charge in [-0.05, 0) is 6.42 Å². The van der Waals surface area contributed by atoms with Crippen molar-refractivity contribution in [3.63, 3.8) is 0 Å². The van der Waals surface area contributed by atoms with Gasteiger partial charge in [0.1, 0.15) is 0 Å². The van der Waals surface area contributed by atoms with Gasteiger partial charge in [0.2, 0.25) is 6.41 Å². The van der Waals surface area contributed by atoms with Crippen molar-refractivity contribution < 1.29 is 4.79 Å². The fourth-order valence-electron chi connectivity index (χ4n) is 1.26. The maximum absolute atomic E-state index is 9.86. The van der Waals surface area contributed by atoms with Crippen molar-refractivity contribution in [2.45, 2.75) is 51.4 Å². The molecule has 0 aromatic rings. The van der Waals surface area contributed by atoms with E-state index in [4.69, 9.17) is 0 Å². The molecule has 2 nitrogen and oxygen atoms in total. The maximum Gasteiger partial charge on any atom is 0.207 e. The highest BCUT2D eigenvalue weighted by Crippen LogP contribution is 2.08. The van der Waals surface area contributed by atoms with E-state index in [1.54, 1.807) is 0 Å². The standard InChI is InChI=1S/C11H21NO/c1-2-3-4-5-6-7-8-9-10-12-11-13/h10-11H,1-9H2,(H,12,13). The van der Waals surface area contributed by atoms with E-state index < -0.39 is 0 Å². The van der Waals surface area contributed by atoms with Crippen LogP contribution in [0.5, 0.6) is 0 Å². The molecule has 0 aliphatic heterocycles. The highest BCUT2D eigenvalue weighted by Gasteiger charge is 1.90. The Morgan fingerprint density at radius 1 is 1.00 bits per heavy atom. The van der Waals surface area contributed by atoms with Gasteiger partial charge >= 0.3 is 0 Å². The van der Waals surface area contributed by atoms with Crippen LogP contribution in [0.15, 0.2) is 0 Å². The van der Waals surface area contributed by atoms with E-state index in [1.807, 2.05) is 6.54 Å². The van der Waals surface area contributed by atoms with Gasteiger partial charge < -0.3 is 5.32 Å². The summed E-state index contributed by atoms with van der Waals surface area (Å²) in [5.74, 6) is 0. The Balaban J connectivity index is 2.79. The predicted molar refractivity (Wildman–Crippen MR) is 55.8 cm³/mol. The van der Waals surface area contributed by atoms with Gasteiger partial charge in [-0.15, -0.1) is 0 Å². The minimum absolute atomic E-state index is 0.717. The average Bonchev–Trinajstić information content (AvgIpc) is 2.16. The third-order valence-electron chi connectivity index (χ3n) is 2.03. The lowest BCUT2D eigenvalue weighted by molar-refractivity contribution is -0.109. The molecule has 2 radical (unpaired) electrons. The topological polar surface area (TPSA) is 29.1 Å². The second kappa shape index (κ2) is 11.5. The molecule has 0 atom stereocenters. The van der Waals surface area contributed by atoms with Crippen molar-refractivity contribution in [2.24, 2.45) is 0 Å². The molecule has 0 rings (SSSR count). The summed E-state index contributed by atoms with van der Waals surface area (Å²) in [6.07, 6.45) is 10.5. The molecule has 76 valence electrons. The minimum atomic E-state index is 0.717. The Hall–Kier alpha value is -0.530. The Morgan fingerprint density at radius 2 is 1.62 bits per heavy atom. The number of carbonyl (C=O) groups is 1. The first-order valence-corrected chi connectivity index (χ1v) is 5.22. The molecule has 1 N–H and O–H groups in total. The van der Waals surface area contributed by atoms with Crippen LogP contribution in [0, 0.1) is 13.5 Å². The fourth-order valence-corrected chi connectivity index (χ4v) is 1.26. The molecule has 0 unspecified atom stereocenters. The highest BCUT2D eigenvalue weighted by atomic mass is 16.1. The lowest BCUT2D eigenvalue weighted by Crippen LogP contribution is -2.05. The highest BCUT2D eigenvalue weighted by molar-refractivity contribution is 5.46. The Labute approximate surface area is 82.1 Å². The maximum atomic E-state index is 9.86. The van der Waals surface area contributed by atoms with E-state index >= 15 is 0 Å². The Morgan fingerprint density at radius 3 is 2.23 bits per heavy atom. The van der Waals surface area contributed by atoms with Crippen molar-refractivity contribution in [3.05, 3.63) is 13.5 Å². The van der Waals surface area contributed by atoms with Gasteiger partial charge in [-0.2, -0.15) is 0 Å². The Kier molecular flexibility index (Phi) is 11.0. The molecule has 0 aromatic heterocycles. The van der Waals surface area contributed by atoms with Crippen LogP contribution in [-0.2, 0) is 4.79 Å². The van der Waals surface area contributed by atoms with Crippen molar-refractivity contribution >= 4 is 6.41 Å². The summed E-state index contributed by atoms with van der Waals surface area (Å²) < 4.78 is 0. The molecular formula is C11H21NO. The number of carbonyl (C=O) groups excluding carboxylic acids is 1. The Bertz CT molecular complexity index is 104. The molecule has 0 fully saturated rings. The van der Waals surface area contributed by atoms with E-state index in [9.17, 15) is 4.79 Å². The predicted octanol–water partition coefficient (Wildman–Crippen LogP) is 2.85. The summed E-state index contributed by atoms with van der Waals surface area (Å²) >= 11 is 0. The van der Waals surface area contributed by atoms with Crippen LogP contribution < -0.4 is 5.32 Å². The average molecular weight is 183 g/mol. The van der Waals surface area contributed by atoms with E-state index in [-0.39, 0.29) is 0 Å². The summed E-state index contributed by atoms with van der Waals surface area (Å²) in [6, 6.07) is 0. The van der Waals surface area contributed by atoms with Gasteiger partial charge in [-0.25, -0.2) is 0 Å². The second-order valence-electron chi connectivity index (χ2n) is 3.25. The summed E-state index contributed by atoms with van der Waals surface area (Å²) in [6.45, 7) is 5.63. The normalized spacial score (nSPS) is 9.92. The van der Waals surface area contributed by atoms with Gasteiger partial charge in [-0.1, -0.05) is 51.9 Å². The summed E-state index contributed by atoms with van der Waals surface area (Å²) in [5, 5.41) is 2.55. The van der Waals surface area contributed by atoms with Crippen molar-refractivity contribution in [1.82, 2.24) is 5.32 Å². The van der Waals surface area contributed by atoms with E-state index in [0.717, 1.165) is 12.8 Å². The molecule has 13 heavy (non-hydrogen) atoms. The van der Waals surface area contributed by atoms with Crippen LogP contribution in [0.3, 0.4) is 0 Å². The van der Waals surface area contributed by atoms with Crippen molar-refractivity contribution in [1.29, 1.82) is 0 Å². The zero-order chi connectivity index (χ0) is 9.78. The third kappa shape index (κ3) is 11.5.